The smallest absolute Gasteiger partial charge is 0.266 e. The lowest BCUT2D eigenvalue weighted by Crippen LogP contribution is -2.48. The number of carbonyl (C=O) groups excluding carboxylic acids is 1. The molecule has 6 nitrogen and oxygen atoms in total. The summed E-state index contributed by atoms with van der Waals surface area (Å²) in [7, 11) is 0. The number of aromatic nitrogens is 1. The first-order valence-electron chi connectivity index (χ1n) is 9.30. The fraction of sp³-hybridized carbons (Fsp3) is 0.381. The van der Waals surface area contributed by atoms with Crippen LogP contribution in [0.25, 0.3) is 0 Å². The van der Waals surface area contributed by atoms with Crippen LogP contribution in [0.5, 0.6) is 0 Å². The molecule has 8 heteroatoms. The van der Waals surface area contributed by atoms with E-state index >= 15 is 0 Å². The molecular formula is C21H24Cl2N4O2. The third-order valence-electron chi connectivity index (χ3n) is 5.31. The molecule has 1 aliphatic heterocycles. The summed E-state index contributed by atoms with van der Waals surface area (Å²) in [5.74, 6) is 0.0509. The van der Waals surface area contributed by atoms with E-state index in [0.717, 1.165) is 17.7 Å². The van der Waals surface area contributed by atoms with E-state index in [1.165, 1.54) is 0 Å². The van der Waals surface area contributed by atoms with Gasteiger partial charge in [-0.25, -0.2) is 0 Å². The normalized spacial score (nSPS) is 16.1. The van der Waals surface area contributed by atoms with Crippen LogP contribution in [0, 0.1) is 25.2 Å². The Kier molecular flexibility index (Phi) is 7.86. The van der Waals surface area contributed by atoms with Gasteiger partial charge in [-0.15, -0.1) is 12.4 Å². The minimum absolute atomic E-state index is 0. The maximum absolute atomic E-state index is 13.0. The zero-order valence-electron chi connectivity index (χ0n) is 16.4. The standard InChI is InChI=1S/C21H23ClN4O2.ClH/c1-13-17(14(2)25-21(28)18(13)11-23)6-7-20(27)26-9-8-24-12-19(26)15-4-3-5-16(22)10-15;/h3-5,10,19,24H,6-9,12H2,1-2H3,(H,25,28);1H. The zero-order valence-corrected chi connectivity index (χ0v) is 18.0. The number of aryl methyl sites for hydroxylation is 1. The van der Waals surface area contributed by atoms with Gasteiger partial charge in [-0.3, -0.25) is 9.59 Å². The maximum atomic E-state index is 13.0. The molecule has 1 atom stereocenters. The highest BCUT2D eigenvalue weighted by Crippen LogP contribution is 2.26. The second-order valence-corrected chi connectivity index (χ2v) is 7.47. The summed E-state index contributed by atoms with van der Waals surface area (Å²) >= 11 is 6.13. The van der Waals surface area contributed by atoms with E-state index in [1.54, 1.807) is 13.8 Å². The molecule has 1 amide bonds. The lowest BCUT2D eigenvalue weighted by atomic mass is 9.98. The highest BCUT2D eigenvalue weighted by Gasteiger charge is 2.28. The Morgan fingerprint density at radius 3 is 2.83 bits per heavy atom. The average molecular weight is 435 g/mol. The number of rotatable bonds is 4. The molecule has 0 spiro atoms. The van der Waals surface area contributed by atoms with Gasteiger partial charge < -0.3 is 15.2 Å². The Bertz CT molecular complexity index is 997. The van der Waals surface area contributed by atoms with Gasteiger partial charge in [-0.2, -0.15) is 5.26 Å². The predicted octanol–water partition coefficient (Wildman–Crippen LogP) is 3.04. The molecule has 3 rings (SSSR count). The van der Waals surface area contributed by atoms with Crippen LogP contribution in [0.1, 0.15) is 40.4 Å². The van der Waals surface area contributed by atoms with Crippen molar-refractivity contribution in [3.63, 3.8) is 0 Å². The Balaban J connectivity index is 0.00000300. The first-order valence-corrected chi connectivity index (χ1v) is 9.68. The monoisotopic (exact) mass is 434 g/mol. The lowest BCUT2D eigenvalue weighted by molar-refractivity contribution is -0.134. The topological polar surface area (TPSA) is 89.0 Å². The maximum Gasteiger partial charge on any atom is 0.266 e. The van der Waals surface area contributed by atoms with Crippen LogP contribution >= 0.6 is 24.0 Å². The number of pyridine rings is 1. The molecule has 0 aliphatic carbocycles. The van der Waals surface area contributed by atoms with Gasteiger partial charge in [0.2, 0.25) is 5.91 Å². The van der Waals surface area contributed by atoms with E-state index in [9.17, 15) is 14.9 Å². The van der Waals surface area contributed by atoms with Gasteiger partial charge in [0.25, 0.3) is 5.56 Å². The van der Waals surface area contributed by atoms with Gasteiger partial charge in [0.05, 0.1) is 6.04 Å². The molecule has 2 N–H and O–H groups in total. The average Bonchev–Trinajstić information content (AvgIpc) is 2.67. The number of hydrogen-bond donors (Lipinski definition) is 2. The molecule has 1 aromatic carbocycles. The van der Waals surface area contributed by atoms with E-state index in [1.807, 2.05) is 35.2 Å². The molecule has 1 aliphatic rings. The number of benzene rings is 1. The Morgan fingerprint density at radius 1 is 1.38 bits per heavy atom. The fourth-order valence-electron chi connectivity index (χ4n) is 3.81. The van der Waals surface area contributed by atoms with Crippen molar-refractivity contribution in [2.24, 2.45) is 0 Å². The van der Waals surface area contributed by atoms with Crippen molar-refractivity contribution >= 4 is 29.9 Å². The third kappa shape index (κ3) is 4.99. The summed E-state index contributed by atoms with van der Waals surface area (Å²) in [5.41, 5.74) is 2.97. The van der Waals surface area contributed by atoms with Crippen LogP contribution in [0.3, 0.4) is 0 Å². The fourth-order valence-corrected chi connectivity index (χ4v) is 4.01. The summed E-state index contributed by atoms with van der Waals surface area (Å²) in [5, 5.41) is 13.2. The molecule has 1 aromatic heterocycles. The molecule has 0 bridgehead atoms. The second kappa shape index (κ2) is 9.93. The molecule has 0 saturated carbocycles. The number of H-pyrrole nitrogens is 1. The number of carbonyl (C=O) groups is 1. The van der Waals surface area contributed by atoms with Gasteiger partial charge in [0.1, 0.15) is 11.6 Å². The predicted molar refractivity (Wildman–Crippen MR) is 116 cm³/mol. The largest absolute Gasteiger partial charge is 0.333 e. The number of aromatic amines is 1. The van der Waals surface area contributed by atoms with Crippen LogP contribution in [0.15, 0.2) is 29.1 Å². The van der Waals surface area contributed by atoms with Gasteiger partial charge in [0.15, 0.2) is 0 Å². The minimum atomic E-state index is -0.379. The number of nitrogens with one attached hydrogen (secondary N) is 2. The van der Waals surface area contributed by atoms with Crippen molar-refractivity contribution in [2.75, 3.05) is 19.6 Å². The van der Waals surface area contributed by atoms with E-state index in [4.69, 9.17) is 11.6 Å². The summed E-state index contributed by atoms with van der Waals surface area (Å²) < 4.78 is 0. The number of hydrogen-bond acceptors (Lipinski definition) is 4. The highest BCUT2D eigenvalue weighted by molar-refractivity contribution is 6.30. The van der Waals surface area contributed by atoms with E-state index in [0.29, 0.717) is 42.2 Å². The Labute approximate surface area is 181 Å². The SMILES string of the molecule is Cc1[nH]c(=O)c(C#N)c(C)c1CCC(=O)N1CCNCC1c1cccc(Cl)c1.Cl. The van der Waals surface area contributed by atoms with E-state index in [2.05, 4.69) is 10.3 Å². The first kappa shape index (κ1) is 23.0. The summed E-state index contributed by atoms with van der Waals surface area (Å²) in [4.78, 5) is 29.5. The van der Waals surface area contributed by atoms with Crippen LogP contribution in [-0.2, 0) is 11.2 Å². The van der Waals surface area contributed by atoms with E-state index < -0.39 is 0 Å². The minimum Gasteiger partial charge on any atom is -0.333 e. The summed E-state index contributed by atoms with van der Waals surface area (Å²) in [6.07, 6.45) is 0.795. The number of piperazine rings is 1. The Hall–Kier alpha value is -2.33. The molecule has 154 valence electrons. The molecule has 29 heavy (non-hydrogen) atoms. The number of nitriles is 1. The van der Waals surface area contributed by atoms with Gasteiger partial charge in [-0.05, 0) is 49.1 Å². The van der Waals surface area contributed by atoms with Crippen LogP contribution in [0.2, 0.25) is 5.02 Å². The van der Waals surface area contributed by atoms with Crippen molar-refractivity contribution in [1.29, 1.82) is 5.26 Å². The molecule has 1 unspecified atom stereocenters. The Morgan fingerprint density at radius 2 is 2.14 bits per heavy atom. The van der Waals surface area contributed by atoms with Crippen LogP contribution in [0.4, 0.5) is 0 Å². The van der Waals surface area contributed by atoms with Crippen molar-refractivity contribution in [2.45, 2.75) is 32.7 Å². The number of nitrogens with zero attached hydrogens (tertiary/aromatic N) is 2. The van der Waals surface area contributed by atoms with Gasteiger partial charge in [-0.1, -0.05) is 23.7 Å². The van der Waals surface area contributed by atoms with Crippen molar-refractivity contribution < 1.29 is 4.79 Å². The van der Waals surface area contributed by atoms with Crippen molar-refractivity contribution in [3.05, 3.63) is 67.6 Å². The van der Waals surface area contributed by atoms with E-state index in [-0.39, 0.29) is 35.5 Å². The van der Waals surface area contributed by atoms with Crippen molar-refractivity contribution in [1.82, 2.24) is 15.2 Å². The lowest BCUT2D eigenvalue weighted by Gasteiger charge is -2.37. The summed E-state index contributed by atoms with van der Waals surface area (Å²) in [6, 6.07) is 9.49. The third-order valence-corrected chi connectivity index (χ3v) is 5.54. The van der Waals surface area contributed by atoms with Gasteiger partial charge in [0, 0.05) is 36.8 Å². The number of amides is 1. The van der Waals surface area contributed by atoms with Crippen LogP contribution in [-0.4, -0.2) is 35.4 Å². The highest BCUT2D eigenvalue weighted by atomic mass is 35.5. The van der Waals surface area contributed by atoms with Crippen LogP contribution < -0.4 is 10.9 Å². The molecular weight excluding hydrogens is 411 g/mol. The quantitative estimate of drug-likeness (QED) is 0.773. The number of halogens is 2. The molecule has 2 aromatic rings. The first-order chi connectivity index (χ1) is 13.4. The second-order valence-electron chi connectivity index (χ2n) is 7.03. The van der Waals surface area contributed by atoms with Gasteiger partial charge >= 0.3 is 0 Å². The zero-order chi connectivity index (χ0) is 20.3. The van der Waals surface area contributed by atoms with Crippen molar-refractivity contribution in [3.8, 4) is 6.07 Å². The molecule has 0 radical (unpaired) electrons. The molecule has 2 heterocycles. The molecule has 1 fully saturated rings. The summed E-state index contributed by atoms with van der Waals surface area (Å²) in [6.45, 7) is 5.62. The molecule has 1 saturated heterocycles.